The van der Waals surface area contributed by atoms with Gasteiger partial charge in [-0.1, -0.05) is 0 Å². The molecule has 0 atom stereocenters. The number of fused-ring (bicyclic) bond motifs is 1. The van der Waals surface area contributed by atoms with Gasteiger partial charge in [-0.2, -0.15) is 0 Å². The van der Waals surface area contributed by atoms with E-state index in [1.165, 1.54) is 15.8 Å². The Hall–Kier alpha value is -0.821. The van der Waals surface area contributed by atoms with E-state index in [2.05, 4.69) is 47.4 Å². The Morgan fingerprint density at radius 1 is 1.00 bits per heavy atom. The molecule has 0 fully saturated rings. The van der Waals surface area contributed by atoms with Crippen LogP contribution in [-0.2, 0) is 0 Å². The van der Waals surface area contributed by atoms with Gasteiger partial charge in [0.25, 0.3) is 0 Å². The van der Waals surface area contributed by atoms with Gasteiger partial charge in [0.1, 0.15) is 0 Å². The molecule has 14 heavy (non-hydrogen) atoms. The van der Waals surface area contributed by atoms with Crippen LogP contribution in [0.3, 0.4) is 0 Å². The van der Waals surface area contributed by atoms with Crippen molar-refractivity contribution in [1.82, 2.24) is 0 Å². The standard InChI is InChI=1S/C12H8SSe/c1-2-4-9(5-3-1)11-8-10-6-7-14-12(10)13-11/h1-8H. The van der Waals surface area contributed by atoms with Crippen molar-refractivity contribution < 1.29 is 0 Å². The average Bonchev–Trinajstić information content (AvgIpc) is 2.78. The van der Waals surface area contributed by atoms with Crippen molar-refractivity contribution in [2.75, 3.05) is 0 Å². The number of hydrogen-bond donors (Lipinski definition) is 0. The van der Waals surface area contributed by atoms with Crippen molar-refractivity contribution in [3.8, 4) is 10.4 Å². The minimum atomic E-state index is 0.590. The van der Waals surface area contributed by atoms with Crippen LogP contribution >= 0.6 is 11.3 Å². The summed E-state index contributed by atoms with van der Waals surface area (Å²) in [5, 5.41) is 1.44. The molecule has 0 N–H and O–H groups in total. The Bertz CT molecular complexity index is 519. The molecule has 2 aromatic heterocycles. The number of benzene rings is 1. The van der Waals surface area contributed by atoms with Gasteiger partial charge < -0.3 is 0 Å². The van der Waals surface area contributed by atoms with Crippen molar-refractivity contribution in [1.29, 1.82) is 0 Å². The van der Waals surface area contributed by atoms with E-state index in [4.69, 9.17) is 0 Å². The van der Waals surface area contributed by atoms with Crippen molar-refractivity contribution in [2.24, 2.45) is 0 Å². The molecule has 0 bridgehead atoms. The second kappa shape index (κ2) is 3.39. The molecule has 0 spiro atoms. The number of rotatable bonds is 1. The minimum absolute atomic E-state index is 0.590. The Morgan fingerprint density at radius 3 is 2.64 bits per heavy atom. The Labute approximate surface area is 92.6 Å². The summed E-state index contributed by atoms with van der Waals surface area (Å²) in [5.74, 6) is 0. The first-order valence-corrected chi connectivity index (χ1v) is 7.12. The molecule has 3 aromatic rings. The topological polar surface area (TPSA) is 0 Å². The summed E-state index contributed by atoms with van der Waals surface area (Å²) in [6, 6.07) is 15.2. The third-order valence-corrected chi connectivity index (χ3v) is 5.74. The van der Waals surface area contributed by atoms with Crippen LogP contribution in [0.5, 0.6) is 0 Å². The van der Waals surface area contributed by atoms with Crippen LogP contribution in [-0.4, -0.2) is 14.5 Å². The van der Waals surface area contributed by atoms with Gasteiger partial charge in [-0.25, -0.2) is 0 Å². The zero-order chi connectivity index (χ0) is 9.38. The molecule has 0 radical (unpaired) electrons. The van der Waals surface area contributed by atoms with E-state index >= 15 is 0 Å². The SMILES string of the molecule is c1ccc(-c2cc3cc[se]c3s2)cc1. The Kier molecular flexibility index (Phi) is 2.06. The van der Waals surface area contributed by atoms with E-state index < -0.39 is 0 Å². The average molecular weight is 263 g/mol. The molecule has 0 amide bonds. The number of thiophene rings is 1. The molecule has 0 unspecified atom stereocenters. The zero-order valence-corrected chi connectivity index (χ0v) is 9.96. The normalized spacial score (nSPS) is 10.9. The summed E-state index contributed by atoms with van der Waals surface area (Å²) < 4.78 is 1.57. The molecular formula is C12H8SSe. The molecule has 0 saturated carbocycles. The van der Waals surface area contributed by atoms with Gasteiger partial charge in [-0.15, -0.1) is 0 Å². The van der Waals surface area contributed by atoms with E-state index in [0.29, 0.717) is 14.5 Å². The summed E-state index contributed by atoms with van der Waals surface area (Å²) in [6.45, 7) is 0. The Balaban J connectivity index is 2.19. The van der Waals surface area contributed by atoms with Gasteiger partial charge in [0, 0.05) is 0 Å². The van der Waals surface area contributed by atoms with Crippen LogP contribution in [0.2, 0.25) is 0 Å². The van der Waals surface area contributed by atoms with Gasteiger partial charge in [0.05, 0.1) is 0 Å². The summed E-state index contributed by atoms with van der Waals surface area (Å²) in [7, 11) is 0. The van der Waals surface area contributed by atoms with Crippen molar-refractivity contribution in [2.45, 2.75) is 0 Å². The summed E-state index contributed by atoms with van der Waals surface area (Å²) in [5.41, 5.74) is 1.34. The molecular weight excluding hydrogens is 255 g/mol. The van der Waals surface area contributed by atoms with Gasteiger partial charge in [0.2, 0.25) is 0 Å². The summed E-state index contributed by atoms with van der Waals surface area (Å²) >= 11 is 2.53. The fourth-order valence-corrected chi connectivity index (χ4v) is 4.86. The van der Waals surface area contributed by atoms with Crippen LogP contribution in [0.15, 0.2) is 47.4 Å². The second-order valence-electron chi connectivity index (χ2n) is 3.14. The molecule has 0 aliphatic heterocycles. The van der Waals surface area contributed by atoms with E-state index in [0.717, 1.165) is 0 Å². The first-order chi connectivity index (χ1) is 6.93. The molecule has 68 valence electrons. The van der Waals surface area contributed by atoms with Crippen LogP contribution in [0.25, 0.3) is 19.4 Å². The molecule has 3 rings (SSSR count). The zero-order valence-electron chi connectivity index (χ0n) is 7.44. The third-order valence-electron chi connectivity index (χ3n) is 2.21. The molecule has 0 nitrogen and oxygen atoms in total. The van der Waals surface area contributed by atoms with Crippen LogP contribution in [0.4, 0.5) is 0 Å². The fraction of sp³-hybridized carbons (Fsp3) is 0. The molecule has 0 aliphatic rings. The van der Waals surface area contributed by atoms with Gasteiger partial charge in [0.15, 0.2) is 0 Å². The van der Waals surface area contributed by atoms with Gasteiger partial charge in [-0.3, -0.25) is 0 Å². The van der Waals surface area contributed by atoms with Crippen molar-refractivity contribution in [3.63, 3.8) is 0 Å². The van der Waals surface area contributed by atoms with E-state index in [9.17, 15) is 0 Å². The molecule has 1 aromatic carbocycles. The van der Waals surface area contributed by atoms with Gasteiger partial charge >= 0.3 is 92.6 Å². The predicted molar refractivity (Wildman–Crippen MR) is 64.2 cm³/mol. The second-order valence-corrected chi connectivity index (χ2v) is 6.70. The summed E-state index contributed by atoms with van der Waals surface area (Å²) in [4.78, 5) is 3.70. The summed E-state index contributed by atoms with van der Waals surface area (Å²) in [6.07, 6.45) is 0. The van der Waals surface area contributed by atoms with E-state index in [-0.39, 0.29) is 0 Å². The first-order valence-electron chi connectivity index (χ1n) is 4.46. The first kappa shape index (κ1) is 8.48. The third kappa shape index (κ3) is 1.36. The van der Waals surface area contributed by atoms with E-state index in [1.807, 2.05) is 11.3 Å². The van der Waals surface area contributed by atoms with Crippen molar-refractivity contribution in [3.05, 3.63) is 47.4 Å². The van der Waals surface area contributed by atoms with Gasteiger partial charge in [-0.05, 0) is 0 Å². The van der Waals surface area contributed by atoms with Crippen LogP contribution in [0, 0.1) is 0 Å². The van der Waals surface area contributed by atoms with Crippen LogP contribution in [0.1, 0.15) is 0 Å². The van der Waals surface area contributed by atoms with E-state index in [1.54, 1.807) is 3.57 Å². The molecule has 0 aliphatic carbocycles. The fourth-order valence-electron chi connectivity index (χ4n) is 1.51. The van der Waals surface area contributed by atoms with Crippen LogP contribution < -0.4 is 0 Å². The monoisotopic (exact) mass is 264 g/mol. The maximum atomic E-state index is 2.31. The van der Waals surface area contributed by atoms with Crippen molar-refractivity contribution >= 4 is 34.8 Å². The Morgan fingerprint density at radius 2 is 1.86 bits per heavy atom. The molecule has 0 saturated heterocycles. The molecule has 2 heteroatoms. The predicted octanol–water partition coefficient (Wildman–Crippen LogP) is 3.63. The maximum absolute atomic E-state index is 2.31. The molecule has 2 heterocycles. The quantitative estimate of drug-likeness (QED) is 0.588. The number of hydrogen-bond acceptors (Lipinski definition) is 1.